The third kappa shape index (κ3) is 3.79. The highest BCUT2D eigenvalue weighted by Crippen LogP contribution is 2.31. The zero-order chi connectivity index (χ0) is 15.2. The van der Waals surface area contributed by atoms with Crippen molar-refractivity contribution in [2.75, 3.05) is 20.3 Å². The Balaban J connectivity index is 2.36. The summed E-state index contributed by atoms with van der Waals surface area (Å²) in [6, 6.07) is -0.0446. The molecule has 0 fully saturated rings. The average molecular weight is 330 g/mol. The number of halogens is 1. The maximum atomic E-state index is 6.37. The van der Waals surface area contributed by atoms with Gasteiger partial charge in [-0.2, -0.15) is 5.10 Å². The molecule has 8 heteroatoms. The molecule has 21 heavy (non-hydrogen) atoms. The molecule has 2 rings (SSSR count). The van der Waals surface area contributed by atoms with Crippen LogP contribution in [0.5, 0.6) is 0 Å². The van der Waals surface area contributed by atoms with E-state index in [0.29, 0.717) is 18.2 Å². The fraction of sp³-hybridized carbons (Fsp3) is 0.615. The lowest BCUT2D eigenvalue weighted by molar-refractivity contribution is 0.182. The molecule has 1 atom stereocenters. The summed E-state index contributed by atoms with van der Waals surface area (Å²) in [5.74, 6) is 0. The predicted molar refractivity (Wildman–Crippen MR) is 83.9 cm³/mol. The Labute approximate surface area is 133 Å². The number of nitrogens with one attached hydrogen (secondary N) is 1. The standard InChI is InChI=1S/C13H20ClN5OS/c1-4-5-15-11(13-9(2)17-18-21-13)12-10(14)8-16-19(12)6-7-20-3/h8,11,15H,4-7H2,1-3H3. The number of aryl methyl sites for hydroxylation is 1. The van der Waals surface area contributed by atoms with Gasteiger partial charge in [0, 0.05) is 7.11 Å². The second kappa shape index (κ2) is 7.84. The normalized spacial score (nSPS) is 12.8. The quantitative estimate of drug-likeness (QED) is 0.805. The minimum absolute atomic E-state index is 0.0446. The van der Waals surface area contributed by atoms with E-state index >= 15 is 0 Å². The van der Waals surface area contributed by atoms with Crippen molar-refractivity contribution in [2.45, 2.75) is 32.9 Å². The zero-order valence-corrected chi connectivity index (χ0v) is 14.0. The molecule has 0 aromatic carbocycles. The monoisotopic (exact) mass is 329 g/mol. The second-order valence-corrected chi connectivity index (χ2v) is 5.90. The van der Waals surface area contributed by atoms with Crippen LogP contribution in [0, 0.1) is 6.92 Å². The van der Waals surface area contributed by atoms with Crippen LogP contribution in [0.4, 0.5) is 0 Å². The van der Waals surface area contributed by atoms with Gasteiger partial charge in [-0.25, -0.2) is 0 Å². The van der Waals surface area contributed by atoms with E-state index in [0.717, 1.165) is 29.2 Å². The highest BCUT2D eigenvalue weighted by molar-refractivity contribution is 7.05. The Bertz CT molecular complexity index is 571. The summed E-state index contributed by atoms with van der Waals surface area (Å²) >= 11 is 7.76. The van der Waals surface area contributed by atoms with E-state index in [9.17, 15) is 0 Å². The predicted octanol–water partition coefficient (Wildman–Crippen LogP) is 2.43. The van der Waals surface area contributed by atoms with Crippen LogP contribution in [0.3, 0.4) is 0 Å². The number of rotatable bonds is 8. The lowest BCUT2D eigenvalue weighted by atomic mass is 10.1. The van der Waals surface area contributed by atoms with Crippen LogP contribution in [0.25, 0.3) is 0 Å². The molecule has 2 heterocycles. The minimum Gasteiger partial charge on any atom is -0.383 e. The number of methoxy groups -OCH3 is 1. The molecule has 0 aliphatic rings. The van der Waals surface area contributed by atoms with E-state index in [1.54, 1.807) is 13.3 Å². The molecule has 1 unspecified atom stereocenters. The van der Waals surface area contributed by atoms with Crippen LogP contribution in [0.1, 0.15) is 35.7 Å². The van der Waals surface area contributed by atoms with Gasteiger partial charge in [0.15, 0.2) is 0 Å². The largest absolute Gasteiger partial charge is 0.383 e. The first-order chi connectivity index (χ1) is 10.2. The zero-order valence-electron chi connectivity index (χ0n) is 12.5. The summed E-state index contributed by atoms with van der Waals surface area (Å²) in [6.45, 7) is 6.22. The van der Waals surface area contributed by atoms with Gasteiger partial charge in [-0.3, -0.25) is 4.68 Å². The molecule has 116 valence electrons. The molecule has 1 N–H and O–H groups in total. The van der Waals surface area contributed by atoms with E-state index < -0.39 is 0 Å². The lowest BCUT2D eigenvalue weighted by Gasteiger charge is -2.19. The molecule has 6 nitrogen and oxygen atoms in total. The average Bonchev–Trinajstić information content (AvgIpc) is 3.05. The molecule has 2 aromatic rings. The van der Waals surface area contributed by atoms with Crippen molar-refractivity contribution in [1.29, 1.82) is 0 Å². The van der Waals surface area contributed by atoms with Crippen LogP contribution in [0.2, 0.25) is 5.02 Å². The van der Waals surface area contributed by atoms with Crippen molar-refractivity contribution in [2.24, 2.45) is 0 Å². The van der Waals surface area contributed by atoms with E-state index in [1.165, 1.54) is 11.5 Å². The first-order valence-electron chi connectivity index (χ1n) is 6.91. The van der Waals surface area contributed by atoms with Gasteiger partial charge in [0.05, 0.1) is 46.7 Å². The van der Waals surface area contributed by atoms with Crippen molar-refractivity contribution in [3.8, 4) is 0 Å². The van der Waals surface area contributed by atoms with Gasteiger partial charge in [-0.15, -0.1) is 5.10 Å². The third-order valence-electron chi connectivity index (χ3n) is 3.16. The lowest BCUT2D eigenvalue weighted by Crippen LogP contribution is -2.26. The summed E-state index contributed by atoms with van der Waals surface area (Å²) in [4.78, 5) is 1.07. The molecule has 0 aliphatic heterocycles. The van der Waals surface area contributed by atoms with Crippen LogP contribution in [-0.2, 0) is 11.3 Å². The van der Waals surface area contributed by atoms with Gasteiger partial charge in [0.1, 0.15) is 0 Å². The number of aromatic nitrogens is 4. The van der Waals surface area contributed by atoms with Gasteiger partial charge < -0.3 is 10.1 Å². The van der Waals surface area contributed by atoms with Crippen molar-refractivity contribution < 1.29 is 4.74 Å². The number of ether oxygens (including phenoxy) is 1. The topological polar surface area (TPSA) is 64.9 Å². The van der Waals surface area contributed by atoms with Crippen molar-refractivity contribution in [3.63, 3.8) is 0 Å². The second-order valence-electron chi connectivity index (χ2n) is 4.70. The van der Waals surface area contributed by atoms with E-state index in [4.69, 9.17) is 16.3 Å². The molecule has 0 saturated carbocycles. The summed E-state index contributed by atoms with van der Waals surface area (Å²) in [7, 11) is 1.68. The third-order valence-corrected chi connectivity index (χ3v) is 4.34. The van der Waals surface area contributed by atoms with Gasteiger partial charge in [0.25, 0.3) is 0 Å². The van der Waals surface area contributed by atoms with Crippen LogP contribution < -0.4 is 5.32 Å². The molecule has 0 amide bonds. The summed E-state index contributed by atoms with van der Waals surface area (Å²) in [5, 5.41) is 12.6. The van der Waals surface area contributed by atoms with Gasteiger partial charge >= 0.3 is 0 Å². The SMILES string of the molecule is CCCNC(c1snnc1C)c1c(Cl)cnn1CCOC. The van der Waals surface area contributed by atoms with E-state index in [-0.39, 0.29) is 6.04 Å². The molecule has 0 bridgehead atoms. The first-order valence-corrected chi connectivity index (χ1v) is 8.06. The summed E-state index contributed by atoms with van der Waals surface area (Å²) < 4.78 is 11.1. The van der Waals surface area contributed by atoms with Crippen LogP contribution >= 0.6 is 23.1 Å². The Kier molecular flexibility index (Phi) is 6.10. The smallest absolute Gasteiger partial charge is 0.0892 e. The minimum atomic E-state index is -0.0446. The fourth-order valence-corrected chi connectivity index (χ4v) is 3.09. The molecule has 2 aromatic heterocycles. The van der Waals surface area contributed by atoms with Gasteiger partial charge in [0.2, 0.25) is 0 Å². The Hall–Kier alpha value is -1.02. The fourth-order valence-electron chi connectivity index (χ4n) is 2.12. The Morgan fingerprint density at radius 2 is 2.33 bits per heavy atom. The molecule has 0 spiro atoms. The maximum Gasteiger partial charge on any atom is 0.0892 e. The first kappa shape index (κ1) is 16.4. The maximum absolute atomic E-state index is 6.37. The number of nitrogens with zero attached hydrogens (tertiary/aromatic N) is 4. The Morgan fingerprint density at radius 3 is 2.95 bits per heavy atom. The molecule has 0 saturated heterocycles. The molecule has 0 aliphatic carbocycles. The molecular weight excluding hydrogens is 310 g/mol. The van der Waals surface area contributed by atoms with Crippen molar-refractivity contribution in [1.82, 2.24) is 24.7 Å². The van der Waals surface area contributed by atoms with E-state index in [1.807, 2.05) is 11.6 Å². The van der Waals surface area contributed by atoms with Gasteiger partial charge in [-0.1, -0.05) is 23.0 Å². The van der Waals surface area contributed by atoms with Crippen molar-refractivity contribution in [3.05, 3.63) is 27.5 Å². The molecular formula is C13H20ClN5OS. The van der Waals surface area contributed by atoms with Gasteiger partial charge in [-0.05, 0) is 31.4 Å². The van der Waals surface area contributed by atoms with E-state index in [2.05, 4.69) is 26.9 Å². The van der Waals surface area contributed by atoms with Crippen LogP contribution in [-0.4, -0.2) is 39.6 Å². The van der Waals surface area contributed by atoms with Crippen molar-refractivity contribution >= 4 is 23.1 Å². The molecule has 0 radical (unpaired) electrons. The highest BCUT2D eigenvalue weighted by atomic mass is 35.5. The highest BCUT2D eigenvalue weighted by Gasteiger charge is 2.25. The summed E-state index contributed by atoms with van der Waals surface area (Å²) in [5.41, 5.74) is 1.86. The van der Waals surface area contributed by atoms with Crippen LogP contribution in [0.15, 0.2) is 6.20 Å². The summed E-state index contributed by atoms with van der Waals surface area (Å²) in [6.07, 6.45) is 2.71. The number of hydrogen-bond acceptors (Lipinski definition) is 6. The Morgan fingerprint density at radius 1 is 1.52 bits per heavy atom. The number of hydrogen-bond donors (Lipinski definition) is 1.